The minimum atomic E-state index is -3.43. The van der Waals surface area contributed by atoms with Crippen LogP contribution in [0.3, 0.4) is 0 Å². The van der Waals surface area contributed by atoms with Crippen molar-refractivity contribution in [1.82, 2.24) is 10.2 Å². The van der Waals surface area contributed by atoms with Crippen LogP contribution in [0.25, 0.3) is 0 Å². The molecule has 1 heterocycles. The first kappa shape index (κ1) is 15.9. The van der Waals surface area contributed by atoms with Crippen molar-refractivity contribution in [3.8, 4) is 0 Å². The van der Waals surface area contributed by atoms with E-state index in [0.29, 0.717) is 19.0 Å². The highest BCUT2D eigenvalue weighted by atomic mass is 19.3. The van der Waals surface area contributed by atoms with Crippen molar-refractivity contribution in [3.05, 3.63) is 35.9 Å². The Kier molecular flexibility index (Phi) is 5.28. The zero-order chi connectivity index (χ0) is 15.3. The van der Waals surface area contributed by atoms with E-state index in [4.69, 9.17) is 0 Å². The van der Waals surface area contributed by atoms with Crippen molar-refractivity contribution in [2.45, 2.75) is 25.7 Å². The van der Waals surface area contributed by atoms with Gasteiger partial charge in [-0.25, -0.2) is 0 Å². The van der Waals surface area contributed by atoms with Gasteiger partial charge in [0, 0.05) is 18.7 Å². The lowest BCUT2D eigenvalue weighted by atomic mass is 9.96. The molecule has 0 atom stereocenters. The molecule has 1 fully saturated rings. The van der Waals surface area contributed by atoms with Gasteiger partial charge in [-0.2, -0.15) is 8.78 Å². The number of likely N-dealkylation sites (tertiary alicyclic amines) is 1. The Labute approximate surface area is 124 Å². The molecule has 1 saturated heterocycles. The largest absolute Gasteiger partial charge is 0.349 e. The zero-order valence-electron chi connectivity index (χ0n) is 12.3. The van der Waals surface area contributed by atoms with Crippen molar-refractivity contribution in [2.75, 3.05) is 26.2 Å². The second-order valence-electron chi connectivity index (χ2n) is 5.48. The molecule has 5 heteroatoms. The maximum atomic E-state index is 14.2. The van der Waals surface area contributed by atoms with E-state index in [0.717, 1.165) is 25.9 Å². The molecule has 0 aliphatic carbocycles. The standard InChI is InChI=1S/C16H22F2N2O/c1-2-19-12-13-8-10-20(11-9-13)15(21)16(17,18)14-6-4-3-5-7-14/h3-7,13,19H,2,8-12H2,1H3. The van der Waals surface area contributed by atoms with Gasteiger partial charge in [-0.1, -0.05) is 37.3 Å². The summed E-state index contributed by atoms with van der Waals surface area (Å²) in [5, 5.41) is 3.27. The second kappa shape index (κ2) is 6.98. The Hall–Kier alpha value is -1.49. The fraction of sp³-hybridized carbons (Fsp3) is 0.562. The molecule has 0 saturated carbocycles. The van der Waals surface area contributed by atoms with Gasteiger partial charge in [-0.15, -0.1) is 0 Å². The summed E-state index contributed by atoms with van der Waals surface area (Å²) in [5.41, 5.74) is -0.232. The molecule has 0 aromatic heterocycles. The number of piperidine rings is 1. The van der Waals surface area contributed by atoms with Gasteiger partial charge < -0.3 is 10.2 Å². The number of hydrogen-bond donors (Lipinski definition) is 1. The summed E-state index contributed by atoms with van der Waals surface area (Å²) in [6.45, 7) is 4.67. The number of alkyl halides is 2. The molecule has 3 nitrogen and oxygen atoms in total. The normalized spacial score (nSPS) is 17.0. The lowest BCUT2D eigenvalue weighted by Crippen LogP contribution is -2.46. The van der Waals surface area contributed by atoms with Crippen LogP contribution in [0.1, 0.15) is 25.3 Å². The van der Waals surface area contributed by atoms with Gasteiger partial charge in [0.2, 0.25) is 0 Å². The summed E-state index contributed by atoms with van der Waals surface area (Å²) >= 11 is 0. The average Bonchev–Trinajstić information content (AvgIpc) is 2.53. The van der Waals surface area contributed by atoms with E-state index in [1.807, 2.05) is 6.92 Å². The van der Waals surface area contributed by atoms with Crippen molar-refractivity contribution in [1.29, 1.82) is 0 Å². The first-order valence-electron chi connectivity index (χ1n) is 7.49. The minimum absolute atomic E-state index is 0.232. The van der Waals surface area contributed by atoms with Gasteiger partial charge in [0.1, 0.15) is 0 Å². The molecule has 0 radical (unpaired) electrons. The van der Waals surface area contributed by atoms with E-state index in [9.17, 15) is 13.6 Å². The van der Waals surface area contributed by atoms with Crippen LogP contribution in [0.4, 0.5) is 8.78 Å². The van der Waals surface area contributed by atoms with Crippen molar-refractivity contribution >= 4 is 5.91 Å². The minimum Gasteiger partial charge on any atom is -0.337 e. The van der Waals surface area contributed by atoms with Gasteiger partial charge in [0.05, 0.1) is 0 Å². The molecule has 1 aliphatic heterocycles. The molecule has 1 amide bonds. The van der Waals surface area contributed by atoms with E-state index in [-0.39, 0.29) is 5.56 Å². The monoisotopic (exact) mass is 296 g/mol. The summed E-state index contributed by atoms with van der Waals surface area (Å²) in [5.74, 6) is -4.04. The predicted octanol–water partition coefficient (Wildman–Crippen LogP) is 2.63. The highest BCUT2D eigenvalue weighted by molar-refractivity contribution is 5.84. The lowest BCUT2D eigenvalue weighted by Gasteiger charge is -2.34. The Bertz CT molecular complexity index is 457. The molecule has 1 aliphatic rings. The van der Waals surface area contributed by atoms with E-state index in [1.54, 1.807) is 6.07 Å². The second-order valence-corrected chi connectivity index (χ2v) is 5.48. The maximum absolute atomic E-state index is 14.2. The average molecular weight is 296 g/mol. The number of nitrogens with zero attached hydrogens (tertiary/aromatic N) is 1. The Balaban J connectivity index is 1.95. The molecule has 1 N–H and O–H groups in total. The van der Waals surface area contributed by atoms with Gasteiger partial charge in [0.25, 0.3) is 5.91 Å². The molecule has 2 rings (SSSR count). The number of amides is 1. The van der Waals surface area contributed by atoms with Crippen LogP contribution < -0.4 is 5.32 Å². The van der Waals surface area contributed by atoms with Crippen LogP contribution >= 0.6 is 0 Å². The summed E-state index contributed by atoms with van der Waals surface area (Å²) in [4.78, 5) is 13.4. The number of hydrogen-bond acceptors (Lipinski definition) is 2. The zero-order valence-corrected chi connectivity index (χ0v) is 12.3. The number of nitrogens with one attached hydrogen (secondary N) is 1. The predicted molar refractivity (Wildman–Crippen MR) is 78.2 cm³/mol. The molecule has 116 valence electrons. The maximum Gasteiger partial charge on any atom is 0.349 e. The van der Waals surface area contributed by atoms with Gasteiger partial charge in [-0.3, -0.25) is 4.79 Å². The molecular formula is C16H22F2N2O. The van der Waals surface area contributed by atoms with Crippen LogP contribution in [0.15, 0.2) is 30.3 Å². The molecular weight excluding hydrogens is 274 g/mol. The summed E-state index contributed by atoms with van der Waals surface area (Å²) in [7, 11) is 0. The fourth-order valence-corrected chi connectivity index (χ4v) is 2.66. The van der Waals surface area contributed by atoms with Crippen LogP contribution in [-0.2, 0) is 10.7 Å². The Morgan fingerprint density at radius 1 is 1.29 bits per heavy atom. The van der Waals surface area contributed by atoms with Crippen LogP contribution in [0, 0.1) is 5.92 Å². The number of rotatable bonds is 5. The summed E-state index contributed by atoms with van der Waals surface area (Å²) in [6, 6.07) is 7.32. The highest BCUT2D eigenvalue weighted by Gasteiger charge is 2.44. The third-order valence-corrected chi connectivity index (χ3v) is 3.99. The van der Waals surface area contributed by atoms with Crippen LogP contribution in [0.5, 0.6) is 0 Å². The molecule has 1 aromatic rings. The van der Waals surface area contributed by atoms with Crippen LogP contribution in [0.2, 0.25) is 0 Å². The van der Waals surface area contributed by atoms with E-state index < -0.39 is 11.8 Å². The van der Waals surface area contributed by atoms with Crippen molar-refractivity contribution in [2.24, 2.45) is 5.92 Å². The Morgan fingerprint density at radius 2 is 1.90 bits per heavy atom. The van der Waals surface area contributed by atoms with E-state index >= 15 is 0 Å². The quantitative estimate of drug-likeness (QED) is 0.906. The molecule has 0 spiro atoms. The fourth-order valence-electron chi connectivity index (χ4n) is 2.66. The van der Waals surface area contributed by atoms with Crippen LogP contribution in [-0.4, -0.2) is 37.0 Å². The lowest BCUT2D eigenvalue weighted by molar-refractivity contribution is -0.160. The SMILES string of the molecule is CCNCC1CCN(C(=O)C(F)(F)c2ccccc2)CC1. The smallest absolute Gasteiger partial charge is 0.337 e. The summed E-state index contributed by atoms with van der Waals surface area (Å²) < 4.78 is 28.5. The molecule has 21 heavy (non-hydrogen) atoms. The first-order chi connectivity index (χ1) is 10.1. The molecule has 1 aromatic carbocycles. The van der Waals surface area contributed by atoms with Gasteiger partial charge >= 0.3 is 5.92 Å². The number of benzene rings is 1. The number of carbonyl (C=O) groups is 1. The van der Waals surface area contributed by atoms with Gasteiger partial charge in [-0.05, 0) is 31.8 Å². The topological polar surface area (TPSA) is 32.3 Å². The number of halogens is 2. The van der Waals surface area contributed by atoms with Crippen molar-refractivity contribution in [3.63, 3.8) is 0 Å². The van der Waals surface area contributed by atoms with Crippen molar-refractivity contribution < 1.29 is 13.6 Å². The van der Waals surface area contributed by atoms with Gasteiger partial charge in [0.15, 0.2) is 0 Å². The Morgan fingerprint density at radius 3 is 2.48 bits per heavy atom. The summed E-state index contributed by atoms with van der Waals surface area (Å²) in [6.07, 6.45) is 1.56. The highest BCUT2D eigenvalue weighted by Crippen LogP contribution is 2.31. The van der Waals surface area contributed by atoms with E-state index in [1.165, 1.54) is 29.2 Å². The van der Waals surface area contributed by atoms with E-state index in [2.05, 4.69) is 5.32 Å². The molecule has 0 unspecified atom stereocenters. The number of carbonyl (C=O) groups excluding carboxylic acids is 1. The third kappa shape index (κ3) is 3.79. The molecule has 0 bridgehead atoms. The third-order valence-electron chi connectivity index (χ3n) is 3.99. The first-order valence-corrected chi connectivity index (χ1v) is 7.49.